The number of nitrogens with one attached hydrogen (secondary N) is 1. The zero-order valence-corrected chi connectivity index (χ0v) is 9.71. The monoisotopic (exact) mass is 239 g/mol. The first-order chi connectivity index (χ1) is 7.63. The molecule has 0 saturated heterocycles. The number of anilines is 1. The van der Waals surface area contributed by atoms with Gasteiger partial charge in [0.2, 0.25) is 5.91 Å². The fourth-order valence-corrected chi connectivity index (χ4v) is 1.54. The lowest BCUT2D eigenvalue weighted by atomic mass is 10.2. The van der Waals surface area contributed by atoms with E-state index in [1.807, 2.05) is 6.26 Å². The van der Waals surface area contributed by atoms with Gasteiger partial charge in [-0.25, -0.2) is 4.79 Å². The number of thioether (sulfide) groups is 1. The molecule has 1 aromatic rings. The van der Waals surface area contributed by atoms with Crippen molar-refractivity contribution in [3.63, 3.8) is 0 Å². The second kappa shape index (κ2) is 6.17. The summed E-state index contributed by atoms with van der Waals surface area (Å²) in [6.07, 6.45) is 2.36. The average Bonchev–Trinajstić information content (AvgIpc) is 2.26. The lowest BCUT2D eigenvalue weighted by Crippen LogP contribution is -2.12. The predicted molar refractivity (Wildman–Crippen MR) is 65.0 cm³/mol. The van der Waals surface area contributed by atoms with Crippen LogP contribution in [0.4, 0.5) is 5.69 Å². The second-order valence-electron chi connectivity index (χ2n) is 3.18. The van der Waals surface area contributed by atoms with Crippen molar-refractivity contribution in [2.75, 3.05) is 17.3 Å². The summed E-state index contributed by atoms with van der Waals surface area (Å²) in [4.78, 5) is 22.1. The van der Waals surface area contributed by atoms with Crippen LogP contribution in [0.1, 0.15) is 16.8 Å². The van der Waals surface area contributed by atoms with Gasteiger partial charge in [0, 0.05) is 17.9 Å². The third-order valence-corrected chi connectivity index (χ3v) is 2.54. The van der Waals surface area contributed by atoms with Crippen LogP contribution in [0.25, 0.3) is 0 Å². The van der Waals surface area contributed by atoms with Gasteiger partial charge in [-0.3, -0.25) is 4.79 Å². The number of rotatable bonds is 5. The van der Waals surface area contributed by atoms with Crippen molar-refractivity contribution < 1.29 is 14.7 Å². The van der Waals surface area contributed by atoms with E-state index >= 15 is 0 Å². The Morgan fingerprint density at radius 3 is 2.81 bits per heavy atom. The number of amides is 1. The second-order valence-corrected chi connectivity index (χ2v) is 4.16. The van der Waals surface area contributed by atoms with E-state index in [9.17, 15) is 9.59 Å². The molecule has 0 bridgehead atoms. The molecular formula is C11H13NO3S. The van der Waals surface area contributed by atoms with Crippen LogP contribution in [0, 0.1) is 0 Å². The highest BCUT2D eigenvalue weighted by atomic mass is 32.2. The van der Waals surface area contributed by atoms with Gasteiger partial charge in [-0.15, -0.1) is 0 Å². The molecule has 0 radical (unpaired) electrons. The molecule has 0 atom stereocenters. The molecule has 0 aliphatic carbocycles. The van der Waals surface area contributed by atoms with Gasteiger partial charge in [0.05, 0.1) is 5.56 Å². The summed E-state index contributed by atoms with van der Waals surface area (Å²) in [6, 6.07) is 6.20. The quantitative estimate of drug-likeness (QED) is 0.825. The third-order valence-electron chi connectivity index (χ3n) is 1.93. The Kier molecular flexibility index (Phi) is 4.85. The summed E-state index contributed by atoms with van der Waals surface area (Å²) in [5, 5.41) is 11.4. The topological polar surface area (TPSA) is 66.4 Å². The molecule has 2 N–H and O–H groups in total. The van der Waals surface area contributed by atoms with E-state index in [1.54, 1.807) is 23.9 Å². The van der Waals surface area contributed by atoms with Gasteiger partial charge in [-0.2, -0.15) is 11.8 Å². The lowest BCUT2D eigenvalue weighted by molar-refractivity contribution is -0.115. The van der Waals surface area contributed by atoms with Crippen LogP contribution in [-0.2, 0) is 4.79 Å². The summed E-state index contributed by atoms with van der Waals surface area (Å²) in [6.45, 7) is 0. The van der Waals surface area contributed by atoms with Gasteiger partial charge in [-0.05, 0) is 24.5 Å². The van der Waals surface area contributed by atoms with E-state index in [0.717, 1.165) is 5.75 Å². The van der Waals surface area contributed by atoms with Crippen LogP contribution in [0.2, 0.25) is 0 Å². The van der Waals surface area contributed by atoms with E-state index in [0.29, 0.717) is 12.1 Å². The van der Waals surface area contributed by atoms with Crippen LogP contribution in [0.5, 0.6) is 0 Å². The van der Waals surface area contributed by atoms with Crippen molar-refractivity contribution in [2.24, 2.45) is 0 Å². The number of carboxylic acid groups (broad SMARTS) is 1. The highest BCUT2D eigenvalue weighted by molar-refractivity contribution is 7.98. The minimum absolute atomic E-state index is 0.100. The standard InChI is InChI=1S/C11H13NO3S/c1-16-6-5-10(13)12-9-4-2-3-8(7-9)11(14)15/h2-4,7H,5-6H2,1H3,(H,12,13)(H,14,15). The minimum atomic E-state index is -1.000. The van der Waals surface area contributed by atoms with E-state index in [-0.39, 0.29) is 11.5 Å². The Balaban J connectivity index is 2.63. The maximum Gasteiger partial charge on any atom is 0.335 e. The molecular weight excluding hydrogens is 226 g/mol. The summed E-state index contributed by atoms with van der Waals surface area (Å²) in [5.41, 5.74) is 0.689. The maximum atomic E-state index is 11.4. The highest BCUT2D eigenvalue weighted by Gasteiger charge is 2.05. The van der Waals surface area contributed by atoms with Crippen molar-refractivity contribution in [1.82, 2.24) is 0 Å². The summed E-state index contributed by atoms with van der Waals surface area (Å²) in [5.74, 6) is -0.345. The molecule has 0 saturated carbocycles. The Hall–Kier alpha value is -1.49. The molecule has 0 aliphatic rings. The van der Waals surface area contributed by atoms with E-state index in [2.05, 4.69) is 5.32 Å². The number of carbonyl (C=O) groups excluding carboxylic acids is 1. The molecule has 1 aromatic carbocycles. The predicted octanol–water partition coefficient (Wildman–Crippen LogP) is 2.08. The first-order valence-corrected chi connectivity index (χ1v) is 6.15. The molecule has 0 aromatic heterocycles. The largest absolute Gasteiger partial charge is 0.478 e. The fraction of sp³-hybridized carbons (Fsp3) is 0.273. The zero-order valence-electron chi connectivity index (χ0n) is 8.90. The molecule has 0 fully saturated rings. The molecule has 0 aliphatic heterocycles. The smallest absolute Gasteiger partial charge is 0.335 e. The molecule has 5 heteroatoms. The number of hydrogen-bond donors (Lipinski definition) is 2. The Bertz CT molecular complexity index is 393. The molecule has 0 spiro atoms. The first kappa shape index (κ1) is 12.6. The van der Waals surface area contributed by atoms with Crippen molar-refractivity contribution in [3.05, 3.63) is 29.8 Å². The third kappa shape index (κ3) is 3.94. The molecule has 0 unspecified atom stereocenters. The summed E-state index contributed by atoms with van der Waals surface area (Å²) >= 11 is 1.59. The Labute approximate surface area is 98.0 Å². The van der Waals surface area contributed by atoms with E-state index in [1.165, 1.54) is 12.1 Å². The molecule has 16 heavy (non-hydrogen) atoms. The van der Waals surface area contributed by atoms with Crippen LogP contribution < -0.4 is 5.32 Å². The van der Waals surface area contributed by atoms with Crippen LogP contribution in [0.15, 0.2) is 24.3 Å². The molecule has 1 amide bonds. The average molecular weight is 239 g/mol. The highest BCUT2D eigenvalue weighted by Crippen LogP contribution is 2.11. The SMILES string of the molecule is CSCCC(=O)Nc1cccc(C(=O)O)c1. The van der Waals surface area contributed by atoms with Crippen molar-refractivity contribution >= 4 is 29.3 Å². The number of carboxylic acids is 1. The van der Waals surface area contributed by atoms with Gasteiger partial charge in [0.25, 0.3) is 0 Å². The van der Waals surface area contributed by atoms with Crippen molar-refractivity contribution in [3.8, 4) is 0 Å². The molecule has 1 rings (SSSR count). The molecule has 86 valence electrons. The normalized spacial score (nSPS) is 9.81. The number of aromatic carboxylic acids is 1. The molecule has 4 nitrogen and oxygen atoms in total. The van der Waals surface area contributed by atoms with E-state index in [4.69, 9.17) is 5.11 Å². The van der Waals surface area contributed by atoms with Gasteiger partial charge in [-0.1, -0.05) is 6.07 Å². The minimum Gasteiger partial charge on any atom is -0.478 e. The van der Waals surface area contributed by atoms with Crippen LogP contribution >= 0.6 is 11.8 Å². The zero-order chi connectivity index (χ0) is 12.0. The first-order valence-electron chi connectivity index (χ1n) is 4.75. The maximum absolute atomic E-state index is 11.4. The van der Waals surface area contributed by atoms with Crippen LogP contribution in [-0.4, -0.2) is 29.0 Å². The lowest BCUT2D eigenvalue weighted by Gasteiger charge is -2.05. The number of hydrogen-bond acceptors (Lipinski definition) is 3. The van der Waals surface area contributed by atoms with Gasteiger partial charge >= 0.3 is 5.97 Å². The van der Waals surface area contributed by atoms with Gasteiger partial charge in [0.1, 0.15) is 0 Å². The van der Waals surface area contributed by atoms with Crippen molar-refractivity contribution in [1.29, 1.82) is 0 Å². The Morgan fingerprint density at radius 2 is 2.19 bits per heavy atom. The van der Waals surface area contributed by atoms with Crippen molar-refractivity contribution in [2.45, 2.75) is 6.42 Å². The van der Waals surface area contributed by atoms with E-state index < -0.39 is 5.97 Å². The fourth-order valence-electron chi connectivity index (χ4n) is 1.15. The van der Waals surface area contributed by atoms with Gasteiger partial charge in [0.15, 0.2) is 0 Å². The Morgan fingerprint density at radius 1 is 1.44 bits per heavy atom. The number of carbonyl (C=O) groups is 2. The number of benzene rings is 1. The van der Waals surface area contributed by atoms with Crippen LogP contribution in [0.3, 0.4) is 0 Å². The summed E-state index contributed by atoms with van der Waals surface area (Å²) < 4.78 is 0. The summed E-state index contributed by atoms with van der Waals surface area (Å²) in [7, 11) is 0. The van der Waals surface area contributed by atoms with Gasteiger partial charge < -0.3 is 10.4 Å². The molecule has 0 heterocycles.